The molecule has 5 heteroatoms. The van der Waals surface area contributed by atoms with Crippen molar-refractivity contribution in [3.63, 3.8) is 0 Å². The van der Waals surface area contributed by atoms with Crippen LogP contribution in [0.1, 0.15) is 32.6 Å². The van der Waals surface area contributed by atoms with Gasteiger partial charge in [0.2, 0.25) is 0 Å². The third-order valence-corrected chi connectivity index (χ3v) is 10.6. The van der Waals surface area contributed by atoms with Crippen molar-refractivity contribution in [2.75, 3.05) is 21.3 Å². The second-order valence-electron chi connectivity index (χ2n) is 4.58. The smallest absolute Gasteiger partial charge is 0.386 e. The molecule has 0 aromatic heterocycles. The van der Waals surface area contributed by atoms with Gasteiger partial charge in [-0.15, -0.1) is 0 Å². The second-order valence-corrected chi connectivity index (χ2v) is 11.6. The monoisotopic (exact) mass is 263 g/mol. The van der Waals surface area contributed by atoms with Gasteiger partial charge in [-0.25, -0.2) is 0 Å². The predicted octanol–water partition coefficient (Wildman–Crippen LogP) is 3.11. The lowest BCUT2D eigenvalue weighted by molar-refractivity contribution is 0.264. The summed E-state index contributed by atoms with van der Waals surface area (Å²) in [6.45, 7) is 6.74. The molecule has 3 nitrogen and oxygen atoms in total. The highest BCUT2D eigenvalue weighted by Crippen LogP contribution is 2.31. The Kier molecular flexibility index (Phi) is 8.58. The molecule has 0 heterocycles. The average molecular weight is 264 g/mol. The molecule has 0 amide bonds. The molecule has 16 heavy (non-hydrogen) atoms. The summed E-state index contributed by atoms with van der Waals surface area (Å²) >= 11 is 0. The fourth-order valence-corrected chi connectivity index (χ4v) is 7.55. The predicted molar refractivity (Wildman–Crippen MR) is 72.2 cm³/mol. The van der Waals surface area contributed by atoms with Gasteiger partial charge in [-0.05, 0) is 19.5 Å². The fraction of sp³-hybridized carbons (Fsp3) is 1.00. The fourth-order valence-electron chi connectivity index (χ4n) is 1.86. The highest BCUT2D eigenvalue weighted by molar-refractivity contribution is 6.83. The van der Waals surface area contributed by atoms with E-state index in [4.69, 9.17) is 13.3 Å². The van der Waals surface area contributed by atoms with E-state index in [1.807, 2.05) is 7.11 Å². The Labute approximate surface area is 103 Å². The Bertz CT molecular complexity index is 173. The Balaban J connectivity index is 4.48. The van der Waals surface area contributed by atoms with E-state index in [2.05, 4.69) is 20.0 Å². The van der Waals surface area contributed by atoms with Gasteiger partial charge in [-0.2, -0.15) is 0 Å². The third kappa shape index (κ3) is 5.10. The highest BCUT2D eigenvalue weighted by atomic mass is 28.4. The summed E-state index contributed by atoms with van der Waals surface area (Å²) in [6, 6.07) is 0. The van der Waals surface area contributed by atoms with Gasteiger partial charge in [0.1, 0.15) is 0 Å². The number of hydrogen-bond donors (Lipinski definition) is 0. The van der Waals surface area contributed by atoms with Gasteiger partial charge < -0.3 is 13.3 Å². The summed E-state index contributed by atoms with van der Waals surface area (Å²) in [5.74, 6) is 0. The topological polar surface area (TPSA) is 27.7 Å². The van der Waals surface area contributed by atoms with Crippen LogP contribution in [0.3, 0.4) is 0 Å². The van der Waals surface area contributed by atoms with Crippen LogP contribution in [-0.2, 0) is 13.3 Å². The maximum Gasteiger partial charge on any atom is 0.386 e. The maximum absolute atomic E-state index is 5.72. The van der Waals surface area contributed by atoms with Crippen LogP contribution in [0.2, 0.25) is 18.3 Å². The van der Waals surface area contributed by atoms with Crippen molar-refractivity contribution in [1.82, 2.24) is 0 Å². The zero-order valence-corrected chi connectivity index (χ0v) is 13.6. The number of unbranched alkanes of at least 4 members (excludes halogenated alkanes) is 2. The van der Waals surface area contributed by atoms with Gasteiger partial charge in [0.05, 0.1) is 0 Å². The molecule has 0 aromatic carbocycles. The summed E-state index contributed by atoms with van der Waals surface area (Å²) in [6.07, 6.45) is 4.97. The normalized spacial score (nSPS) is 14.4. The summed E-state index contributed by atoms with van der Waals surface area (Å²) in [5, 5.41) is 0.504. The molecule has 0 saturated heterocycles. The first-order chi connectivity index (χ1) is 7.53. The largest absolute Gasteiger partial charge is 0.420 e. The van der Waals surface area contributed by atoms with Crippen molar-refractivity contribution in [2.24, 2.45) is 0 Å². The molecule has 1 radical (unpaired) electrons. The molecular weight excluding hydrogens is 236 g/mol. The molecule has 0 fully saturated rings. The molecule has 0 rings (SSSR count). The summed E-state index contributed by atoms with van der Waals surface area (Å²) in [7, 11) is 2.49. The van der Waals surface area contributed by atoms with Crippen LogP contribution in [0.25, 0.3) is 0 Å². The van der Waals surface area contributed by atoms with Crippen LogP contribution >= 0.6 is 0 Å². The van der Waals surface area contributed by atoms with E-state index in [-0.39, 0.29) is 0 Å². The maximum atomic E-state index is 5.72. The van der Waals surface area contributed by atoms with Crippen LogP contribution in [0.15, 0.2) is 0 Å². The van der Waals surface area contributed by atoms with Crippen molar-refractivity contribution >= 4 is 17.6 Å². The molecule has 0 aliphatic rings. The molecule has 0 aromatic rings. The molecule has 0 aliphatic heterocycles. The van der Waals surface area contributed by atoms with Crippen molar-refractivity contribution in [3.05, 3.63) is 0 Å². The van der Waals surface area contributed by atoms with Gasteiger partial charge in [0.25, 0.3) is 0 Å². The Morgan fingerprint density at radius 3 is 2.00 bits per heavy atom. The minimum Gasteiger partial charge on any atom is -0.420 e. The van der Waals surface area contributed by atoms with Crippen molar-refractivity contribution in [3.8, 4) is 0 Å². The quantitative estimate of drug-likeness (QED) is 0.472. The highest BCUT2D eigenvalue weighted by Gasteiger charge is 2.41. The van der Waals surface area contributed by atoms with Crippen LogP contribution < -0.4 is 0 Å². The minimum atomic E-state index is -1.67. The molecule has 1 unspecified atom stereocenters. The molecule has 0 spiro atoms. The SMILES string of the molecule is CCCCCC([Si](OC)OC)[Si](C)(C)OC. The van der Waals surface area contributed by atoms with Crippen LogP contribution in [0.4, 0.5) is 0 Å². The number of rotatable bonds is 9. The van der Waals surface area contributed by atoms with Crippen molar-refractivity contribution < 1.29 is 13.3 Å². The van der Waals surface area contributed by atoms with Gasteiger partial charge in [0.15, 0.2) is 8.32 Å². The Morgan fingerprint density at radius 2 is 1.62 bits per heavy atom. The molecule has 0 N–H and O–H groups in total. The summed E-state index contributed by atoms with van der Waals surface area (Å²) in [4.78, 5) is 0. The number of hydrogen-bond acceptors (Lipinski definition) is 3. The van der Waals surface area contributed by atoms with Crippen LogP contribution in [0, 0.1) is 0 Å². The van der Waals surface area contributed by atoms with Crippen LogP contribution in [0.5, 0.6) is 0 Å². The molecule has 0 saturated carbocycles. The van der Waals surface area contributed by atoms with E-state index in [1.165, 1.54) is 25.7 Å². The van der Waals surface area contributed by atoms with Crippen molar-refractivity contribution in [1.29, 1.82) is 0 Å². The van der Waals surface area contributed by atoms with Gasteiger partial charge in [-0.3, -0.25) is 0 Å². The lowest BCUT2D eigenvalue weighted by Gasteiger charge is -2.33. The van der Waals surface area contributed by atoms with Crippen LogP contribution in [-0.4, -0.2) is 38.9 Å². The standard InChI is InChI=1S/C11H27O3Si2/c1-7-8-9-10-11(15(12-2)13-3)16(5,6)14-4/h11H,7-10H2,1-6H3. The van der Waals surface area contributed by atoms with E-state index in [1.54, 1.807) is 14.2 Å². The summed E-state index contributed by atoms with van der Waals surface area (Å²) < 4.78 is 16.7. The summed E-state index contributed by atoms with van der Waals surface area (Å²) in [5.41, 5.74) is 0. The first kappa shape index (κ1) is 16.3. The van der Waals surface area contributed by atoms with Gasteiger partial charge in [-0.1, -0.05) is 26.2 Å². The van der Waals surface area contributed by atoms with E-state index < -0.39 is 17.6 Å². The molecule has 0 bridgehead atoms. The van der Waals surface area contributed by atoms with E-state index in [0.29, 0.717) is 5.16 Å². The van der Waals surface area contributed by atoms with E-state index >= 15 is 0 Å². The molecular formula is C11H27O3Si2. The molecule has 0 aliphatic carbocycles. The molecule has 97 valence electrons. The van der Waals surface area contributed by atoms with E-state index in [0.717, 1.165) is 0 Å². The lowest BCUT2D eigenvalue weighted by Crippen LogP contribution is -2.45. The van der Waals surface area contributed by atoms with Gasteiger partial charge >= 0.3 is 9.28 Å². The van der Waals surface area contributed by atoms with Gasteiger partial charge in [0, 0.05) is 26.5 Å². The lowest BCUT2D eigenvalue weighted by atomic mass is 10.2. The first-order valence-corrected chi connectivity index (χ1v) is 10.4. The minimum absolute atomic E-state index is 0.504. The zero-order valence-electron chi connectivity index (χ0n) is 11.6. The Hall–Kier alpha value is 0.314. The zero-order chi connectivity index (χ0) is 12.6. The molecule has 1 atom stereocenters. The van der Waals surface area contributed by atoms with E-state index in [9.17, 15) is 0 Å². The first-order valence-electron chi connectivity index (χ1n) is 6.03. The second kappa shape index (κ2) is 8.41. The third-order valence-electron chi connectivity index (χ3n) is 3.15. The Morgan fingerprint density at radius 1 is 1.06 bits per heavy atom. The van der Waals surface area contributed by atoms with Crippen molar-refractivity contribution in [2.45, 2.75) is 50.9 Å². The average Bonchev–Trinajstić information content (AvgIpc) is 2.28.